The highest BCUT2D eigenvalue weighted by molar-refractivity contribution is 6.04. The second-order valence-electron chi connectivity index (χ2n) is 6.29. The lowest BCUT2D eigenvalue weighted by Crippen LogP contribution is -2.29. The molecule has 1 N–H and O–H groups in total. The fourth-order valence-corrected chi connectivity index (χ4v) is 3.12. The van der Waals surface area contributed by atoms with E-state index in [1.54, 1.807) is 24.7 Å². The molecule has 1 fully saturated rings. The van der Waals surface area contributed by atoms with Crippen LogP contribution in [-0.2, 0) is 0 Å². The van der Waals surface area contributed by atoms with Crippen molar-refractivity contribution in [2.75, 3.05) is 23.3 Å². The molecule has 1 amide bonds. The van der Waals surface area contributed by atoms with Crippen LogP contribution in [0, 0.1) is 0 Å². The third-order valence-electron chi connectivity index (χ3n) is 4.51. The van der Waals surface area contributed by atoms with Crippen LogP contribution in [0.15, 0.2) is 55.2 Å². The number of piperidine rings is 1. The molecule has 0 bridgehead atoms. The third-order valence-corrected chi connectivity index (χ3v) is 4.51. The van der Waals surface area contributed by atoms with E-state index in [9.17, 15) is 4.79 Å². The Balaban J connectivity index is 1.45. The van der Waals surface area contributed by atoms with Gasteiger partial charge in [0.2, 0.25) is 0 Å². The number of rotatable bonds is 4. The number of pyridine rings is 1. The van der Waals surface area contributed by atoms with Gasteiger partial charge in [-0.05, 0) is 55.7 Å². The van der Waals surface area contributed by atoms with Gasteiger partial charge in [0.25, 0.3) is 5.91 Å². The summed E-state index contributed by atoms with van der Waals surface area (Å²) in [4.78, 5) is 23.0. The van der Waals surface area contributed by atoms with Gasteiger partial charge in [0.15, 0.2) is 5.82 Å². The molecule has 3 aromatic rings. The van der Waals surface area contributed by atoms with Gasteiger partial charge in [0.05, 0.1) is 0 Å². The van der Waals surface area contributed by atoms with Crippen LogP contribution in [-0.4, -0.2) is 38.7 Å². The molecule has 0 atom stereocenters. The summed E-state index contributed by atoms with van der Waals surface area (Å²) in [5.41, 5.74) is 2.50. The van der Waals surface area contributed by atoms with Crippen molar-refractivity contribution in [1.29, 1.82) is 0 Å². The molecule has 1 saturated heterocycles. The number of hydrogen-bond donors (Lipinski definition) is 1. The molecule has 1 aromatic carbocycles. The average molecular weight is 348 g/mol. The zero-order chi connectivity index (χ0) is 17.8. The van der Waals surface area contributed by atoms with Crippen LogP contribution in [0.2, 0.25) is 0 Å². The van der Waals surface area contributed by atoms with Gasteiger partial charge < -0.3 is 10.2 Å². The standard InChI is InChI=1S/C19H20N6O/c26-19(15-8-9-21-18(12-15)25-14-20-13-22-25)23-16-4-6-17(7-5-16)24-10-2-1-3-11-24/h4-9,12-14H,1-3,10-11H2,(H,23,26). The summed E-state index contributed by atoms with van der Waals surface area (Å²) in [5.74, 6) is 0.370. The number of aromatic nitrogens is 4. The van der Waals surface area contributed by atoms with Crippen molar-refractivity contribution < 1.29 is 4.79 Å². The van der Waals surface area contributed by atoms with E-state index in [1.165, 1.54) is 36.0 Å². The largest absolute Gasteiger partial charge is 0.372 e. The van der Waals surface area contributed by atoms with Gasteiger partial charge in [-0.15, -0.1) is 0 Å². The van der Waals surface area contributed by atoms with Crippen molar-refractivity contribution in [2.24, 2.45) is 0 Å². The number of amides is 1. The Morgan fingerprint density at radius 2 is 1.85 bits per heavy atom. The highest BCUT2D eigenvalue weighted by atomic mass is 16.1. The van der Waals surface area contributed by atoms with E-state index >= 15 is 0 Å². The van der Waals surface area contributed by atoms with Crippen LogP contribution >= 0.6 is 0 Å². The molecule has 0 spiro atoms. The van der Waals surface area contributed by atoms with Gasteiger partial charge in [-0.1, -0.05) is 0 Å². The van der Waals surface area contributed by atoms with Gasteiger partial charge in [-0.3, -0.25) is 4.79 Å². The van der Waals surface area contributed by atoms with E-state index in [-0.39, 0.29) is 5.91 Å². The number of nitrogens with one attached hydrogen (secondary N) is 1. The second-order valence-corrected chi connectivity index (χ2v) is 6.29. The van der Waals surface area contributed by atoms with Crippen molar-refractivity contribution >= 4 is 17.3 Å². The topological polar surface area (TPSA) is 75.9 Å². The summed E-state index contributed by atoms with van der Waals surface area (Å²) in [7, 11) is 0. The summed E-state index contributed by atoms with van der Waals surface area (Å²) in [6.07, 6.45) is 8.36. The number of benzene rings is 1. The van der Waals surface area contributed by atoms with E-state index in [0.29, 0.717) is 11.4 Å². The second kappa shape index (κ2) is 7.35. The first-order valence-electron chi connectivity index (χ1n) is 8.77. The van der Waals surface area contributed by atoms with E-state index in [1.807, 2.05) is 12.1 Å². The third kappa shape index (κ3) is 3.56. The summed E-state index contributed by atoms with van der Waals surface area (Å²) in [6.45, 7) is 2.21. The Morgan fingerprint density at radius 1 is 1.04 bits per heavy atom. The predicted octanol–water partition coefficient (Wildman–Crippen LogP) is 2.90. The Hall–Kier alpha value is -3.22. The fourth-order valence-electron chi connectivity index (χ4n) is 3.12. The van der Waals surface area contributed by atoms with E-state index < -0.39 is 0 Å². The van der Waals surface area contributed by atoms with Crippen LogP contribution < -0.4 is 10.2 Å². The lowest BCUT2D eigenvalue weighted by atomic mass is 10.1. The molecule has 3 heterocycles. The normalized spacial score (nSPS) is 14.2. The Bertz CT molecular complexity index is 869. The number of anilines is 2. The summed E-state index contributed by atoms with van der Waals surface area (Å²) < 4.78 is 1.52. The first kappa shape index (κ1) is 16.3. The lowest BCUT2D eigenvalue weighted by molar-refractivity contribution is 0.102. The number of nitrogens with zero attached hydrogens (tertiary/aromatic N) is 5. The Labute approximate surface area is 151 Å². The van der Waals surface area contributed by atoms with Gasteiger partial charge in [-0.2, -0.15) is 5.10 Å². The van der Waals surface area contributed by atoms with Crippen molar-refractivity contribution in [3.63, 3.8) is 0 Å². The first-order valence-corrected chi connectivity index (χ1v) is 8.77. The van der Waals surface area contributed by atoms with E-state index in [4.69, 9.17) is 0 Å². The molecule has 1 aliphatic rings. The molecular formula is C19H20N6O. The SMILES string of the molecule is O=C(Nc1ccc(N2CCCCC2)cc1)c1ccnc(-n2cncn2)c1. The summed E-state index contributed by atoms with van der Waals surface area (Å²) >= 11 is 0. The molecule has 7 nitrogen and oxygen atoms in total. The number of hydrogen-bond acceptors (Lipinski definition) is 5. The number of carbonyl (C=O) groups excluding carboxylic acids is 1. The van der Waals surface area contributed by atoms with Gasteiger partial charge in [0.1, 0.15) is 12.7 Å². The zero-order valence-corrected chi connectivity index (χ0v) is 14.4. The minimum absolute atomic E-state index is 0.181. The molecule has 132 valence electrons. The van der Waals surface area contributed by atoms with Gasteiger partial charge >= 0.3 is 0 Å². The van der Waals surface area contributed by atoms with Crippen LogP contribution in [0.25, 0.3) is 5.82 Å². The maximum absolute atomic E-state index is 12.5. The highest BCUT2D eigenvalue weighted by Gasteiger charge is 2.12. The van der Waals surface area contributed by atoms with Gasteiger partial charge in [0, 0.05) is 36.2 Å². The molecule has 0 unspecified atom stereocenters. The monoisotopic (exact) mass is 348 g/mol. The van der Waals surface area contributed by atoms with Crippen LogP contribution in [0.4, 0.5) is 11.4 Å². The molecule has 0 saturated carbocycles. The van der Waals surface area contributed by atoms with Crippen molar-refractivity contribution in [3.8, 4) is 5.82 Å². The smallest absolute Gasteiger partial charge is 0.255 e. The fraction of sp³-hybridized carbons (Fsp3) is 0.263. The maximum Gasteiger partial charge on any atom is 0.255 e. The highest BCUT2D eigenvalue weighted by Crippen LogP contribution is 2.22. The molecule has 1 aliphatic heterocycles. The maximum atomic E-state index is 12.5. The molecule has 4 rings (SSSR count). The molecular weight excluding hydrogens is 328 g/mol. The van der Waals surface area contributed by atoms with Crippen LogP contribution in [0.1, 0.15) is 29.6 Å². The average Bonchev–Trinajstić information content (AvgIpc) is 3.24. The minimum atomic E-state index is -0.181. The van der Waals surface area contributed by atoms with Crippen molar-refractivity contribution in [1.82, 2.24) is 19.7 Å². The van der Waals surface area contributed by atoms with E-state index in [0.717, 1.165) is 18.8 Å². The van der Waals surface area contributed by atoms with Crippen molar-refractivity contribution in [3.05, 3.63) is 60.8 Å². The van der Waals surface area contributed by atoms with Gasteiger partial charge in [-0.25, -0.2) is 14.6 Å². The first-order chi connectivity index (χ1) is 12.8. The molecule has 7 heteroatoms. The number of carbonyl (C=O) groups is 1. The van der Waals surface area contributed by atoms with Crippen LogP contribution in [0.3, 0.4) is 0 Å². The quantitative estimate of drug-likeness (QED) is 0.784. The lowest BCUT2D eigenvalue weighted by Gasteiger charge is -2.28. The van der Waals surface area contributed by atoms with E-state index in [2.05, 4.69) is 37.4 Å². The molecule has 2 aromatic heterocycles. The van der Waals surface area contributed by atoms with Crippen LogP contribution in [0.5, 0.6) is 0 Å². The summed E-state index contributed by atoms with van der Waals surface area (Å²) in [5, 5.41) is 6.96. The zero-order valence-electron chi connectivity index (χ0n) is 14.4. The Kier molecular flexibility index (Phi) is 4.59. The molecule has 26 heavy (non-hydrogen) atoms. The Morgan fingerprint density at radius 3 is 2.58 bits per heavy atom. The molecule has 0 aliphatic carbocycles. The molecule has 0 radical (unpaired) electrons. The summed E-state index contributed by atoms with van der Waals surface area (Å²) in [6, 6.07) is 11.4. The predicted molar refractivity (Wildman–Crippen MR) is 99.6 cm³/mol. The van der Waals surface area contributed by atoms with Crippen molar-refractivity contribution in [2.45, 2.75) is 19.3 Å². The minimum Gasteiger partial charge on any atom is -0.372 e.